The number of hydrogen-bond donors (Lipinski definition) is 3. The van der Waals surface area contributed by atoms with Crippen molar-refractivity contribution in [2.24, 2.45) is 13.0 Å². The summed E-state index contributed by atoms with van der Waals surface area (Å²) in [5.74, 6) is -0.0244. The van der Waals surface area contributed by atoms with E-state index in [0.717, 1.165) is 10.9 Å². The standard InChI is InChI=1S/C16H22N4O2/c1-10(2)11(3)17-16(22)19-18-15(21)13-9-20(4)14-8-6-5-7-12(13)14/h5-11H,1-4H3,(H,18,21)(H2,17,19,22). The molecule has 0 radical (unpaired) electrons. The van der Waals surface area contributed by atoms with E-state index in [1.165, 1.54) is 0 Å². The number of aromatic nitrogens is 1. The van der Waals surface area contributed by atoms with E-state index in [2.05, 4.69) is 16.2 Å². The van der Waals surface area contributed by atoms with Gasteiger partial charge in [-0.15, -0.1) is 0 Å². The van der Waals surface area contributed by atoms with Crippen LogP contribution in [0.15, 0.2) is 30.5 Å². The highest BCUT2D eigenvalue weighted by atomic mass is 16.2. The largest absolute Gasteiger partial charge is 0.350 e. The van der Waals surface area contributed by atoms with Crippen LogP contribution >= 0.6 is 0 Å². The van der Waals surface area contributed by atoms with Crippen LogP contribution in [0.4, 0.5) is 4.79 Å². The molecule has 0 fully saturated rings. The van der Waals surface area contributed by atoms with Crippen LogP contribution in [0.5, 0.6) is 0 Å². The molecule has 1 atom stereocenters. The summed E-state index contributed by atoms with van der Waals surface area (Å²) in [6, 6.07) is 7.22. The Morgan fingerprint density at radius 3 is 2.45 bits per heavy atom. The van der Waals surface area contributed by atoms with Crippen LogP contribution in [0.2, 0.25) is 0 Å². The molecule has 0 bridgehead atoms. The van der Waals surface area contributed by atoms with Crippen molar-refractivity contribution < 1.29 is 9.59 Å². The number of fused-ring (bicyclic) bond motifs is 1. The number of hydrogen-bond acceptors (Lipinski definition) is 2. The van der Waals surface area contributed by atoms with Gasteiger partial charge in [0.15, 0.2) is 0 Å². The van der Waals surface area contributed by atoms with Crippen molar-refractivity contribution in [2.75, 3.05) is 0 Å². The van der Waals surface area contributed by atoms with Crippen molar-refractivity contribution in [3.05, 3.63) is 36.0 Å². The van der Waals surface area contributed by atoms with E-state index >= 15 is 0 Å². The minimum absolute atomic E-state index is 0.0226. The lowest BCUT2D eigenvalue weighted by Gasteiger charge is -2.17. The molecule has 118 valence electrons. The fraction of sp³-hybridized carbons (Fsp3) is 0.375. The first kappa shape index (κ1) is 15.9. The summed E-state index contributed by atoms with van der Waals surface area (Å²) in [4.78, 5) is 23.9. The van der Waals surface area contributed by atoms with Crippen molar-refractivity contribution in [3.63, 3.8) is 0 Å². The van der Waals surface area contributed by atoms with Crippen molar-refractivity contribution in [2.45, 2.75) is 26.8 Å². The number of amides is 3. The second-order valence-electron chi connectivity index (χ2n) is 5.76. The van der Waals surface area contributed by atoms with Crippen LogP contribution in [0.1, 0.15) is 31.1 Å². The van der Waals surface area contributed by atoms with E-state index in [4.69, 9.17) is 0 Å². The van der Waals surface area contributed by atoms with Gasteiger partial charge in [0, 0.05) is 30.2 Å². The molecule has 0 aliphatic rings. The fourth-order valence-electron chi connectivity index (χ4n) is 2.11. The van der Waals surface area contributed by atoms with E-state index in [1.54, 1.807) is 6.20 Å². The van der Waals surface area contributed by atoms with Gasteiger partial charge in [-0.05, 0) is 18.9 Å². The number of hydrazine groups is 1. The van der Waals surface area contributed by atoms with Gasteiger partial charge in [0.1, 0.15) is 0 Å². The SMILES string of the molecule is CC(C)C(C)NC(=O)NNC(=O)c1cn(C)c2ccccc12. The minimum atomic E-state index is -0.421. The van der Waals surface area contributed by atoms with E-state index in [9.17, 15) is 9.59 Å². The first-order chi connectivity index (χ1) is 10.4. The number of aryl methyl sites for hydroxylation is 1. The number of para-hydroxylation sites is 1. The molecule has 0 spiro atoms. The second-order valence-corrected chi connectivity index (χ2v) is 5.76. The Morgan fingerprint density at radius 2 is 1.77 bits per heavy atom. The third kappa shape index (κ3) is 3.39. The molecule has 3 N–H and O–H groups in total. The normalized spacial score (nSPS) is 12.2. The smallest absolute Gasteiger partial charge is 0.333 e. The number of nitrogens with zero attached hydrogens (tertiary/aromatic N) is 1. The van der Waals surface area contributed by atoms with Gasteiger partial charge in [0.2, 0.25) is 0 Å². The molecule has 6 heteroatoms. The molecule has 0 aliphatic heterocycles. The highest BCUT2D eigenvalue weighted by Crippen LogP contribution is 2.19. The van der Waals surface area contributed by atoms with E-state index in [1.807, 2.05) is 56.7 Å². The molecule has 2 rings (SSSR count). The molecule has 1 aromatic carbocycles. The van der Waals surface area contributed by atoms with Gasteiger partial charge in [0.25, 0.3) is 5.91 Å². The summed E-state index contributed by atoms with van der Waals surface area (Å²) in [7, 11) is 1.88. The monoisotopic (exact) mass is 302 g/mol. The molecular weight excluding hydrogens is 280 g/mol. The molecule has 0 saturated carbocycles. The predicted octanol–water partition coefficient (Wildman–Crippen LogP) is 2.17. The maximum atomic E-state index is 12.2. The van der Waals surface area contributed by atoms with Crippen LogP contribution in [0, 0.1) is 5.92 Å². The number of benzene rings is 1. The van der Waals surface area contributed by atoms with Gasteiger partial charge < -0.3 is 9.88 Å². The van der Waals surface area contributed by atoms with Crippen molar-refractivity contribution >= 4 is 22.8 Å². The van der Waals surface area contributed by atoms with Gasteiger partial charge in [-0.25, -0.2) is 10.2 Å². The molecule has 6 nitrogen and oxygen atoms in total. The Kier molecular flexibility index (Phi) is 4.70. The zero-order valence-corrected chi connectivity index (χ0v) is 13.3. The molecule has 22 heavy (non-hydrogen) atoms. The molecule has 3 amide bonds. The summed E-state index contributed by atoms with van der Waals surface area (Å²) < 4.78 is 1.88. The molecule has 1 aromatic heterocycles. The summed E-state index contributed by atoms with van der Waals surface area (Å²) in [5, 5.41) is 3.61. The molecular formula is C16H22N4O2. The van der Waals surface area contributed by atoms with Gasteiger partial charge in [-0.2, -0.15) is 0 Å². The quantitative estimate of drug-likeness (QED) is 0.760. The lowest BCUT2D eigenvalue weighted by Crippen LogP contribution is -2.50. The van der Waals surface area contributed by atoms with E-state index in [-0.39, 0.29) is 11.9 Å². The predicted molar refractivity (Wildman–Crippen MR) is 86.4 cm³/mol. The Balaban J connectivity index is 2.02. The highest BCUT2D eigenvalue weighted by molar-refractivity contribution is 6.07. The van der Waals surface area contributed by atoms with Crippen LogP contribution in [-0.2, 0) is 7.05 Å². The molecule has 1 unspecified atom stereocenters. The zero-order chi connectivity index (χ0) is 16.3. The fourth-order valence-corrected chi connectivity index (χ4v) is 2.11. The maximum absolute atomic E-state index is 12.2. The summed E-state index contributed by atoms with van der Waals surface area (Å²) >= 11 is 0. The Bertz CT molecular complexity index is 691. The summed E-state index contributed by atoms with van der Waals surface area (Å²) in [6.45, 7) is 5.94. The van der Waals surface area contributed by atoms with Crippen LogP contribution in [0.25, 0.3) is 10.9 Å². The van der Waals surface area contributed by atoms with Gasteiger partial charge in [0.05, 0.1) is 5.56 Å². The number of carbonyl (C=O) groups excluding carboxylic acids is 2. The highest BCUT2D eigenvalue weighted by Gasteiger charge is 2.15. The minimum Gasteiger partial charge on any atom is -0.350 e. The number of rotatable bonds is 3. The lowest BCUT2D eigenvalue weighted by molar-refractivity contribution is 0.0937. The Labute approximate surface area is 129 Å². The molecule has 0 saturated heterocycles. The number of nitrogens with one attached hydrogen (secondary N) is 3. The average molecular weight is 302 g/mol. The zero-order valence-electron chi connectivity index (χ0n) is 13.3. The van der Waals surface area contributed by atoms with Crippen LogP contribution < -0.4 is 16.2 Å². The van der Waals surface area contributed by atoms with Crippen LogP contribution in [0.3, 0.4) is 0 Å². The van der Waals surface area contributed by atoms with Crippen molar-refractivity contribution in [1.82, 2.24) is 20.7 Å². The van der Waals surface area contributed by atoms with E-state index < -0.39 is 6.03 Å². The first-order valence-electron chi connectivity index (χ1n) is 7.31. The molecule has 2 aromatic rings. The van der Waals surface area contributed by atoms with Gasteiger partial charge in [-0.3, -0.25) is 10.2 Å². The Hall–Kier alpha value is -2.50. The lowest BCUT2D eigenvalue weighted by atomic mass is 10.1. The number of urea groups is 1. The summed E-state index contributed by atoms with van der Waals surface area (Å²) in [6.07, 6.45) is 1.75. The van der Waals surface area contributed by atoms with Gasteiger partial charge in [-0.1, -0.05) is 32.0 Å². The van der Waals surface area contributed by atoms with Crippen molar-refractivity contribution in [1.29, 1.82) is 0 Å². The third-order valence-electron chi connectivity index (χ3n) is 3.79. The second kappa shape index (κ2) is 6.51. The first-order valence-corrected chi connectivity index (χ1v) is 7.31. The third-order valence-corrected chi connectivity index (χ3v) is 3.79. The van der Waals surface area contributed by atoms with Gasteiger partial charge >= 0.3 is 6.03 Å². The van der Waals surface area contributed by atoms with Crippen molar-refractivity contribution in [3.8, 4) is 0 Å². The average Bonchev–Trinajstić information content (AvgIpc) is 2.82. The maximum Gasteiger partial charge on any atom is 0.333 e. The molecule has 0 aliphatic carbocycles. The topological polar surface area (TPSA) is 75.2 Å². The Morgan fingerprint density at radius 1 is 1.09 bits per heavy atom. The van der Waals surface area contributed by atoms with Crippen LogP contribution in [-0.4, -0.2) is 22.5 Å². The summed E-state index contributed by atoms with van der Waals surface area (Å²) in [5.41, 5.74) is 6.30. The molecule has 1 heterocycles. The number of carbonyl (C=O) groups is 2. The van der Waals surface area contributed by atoms with E-state index in [0.29, 0.717) is 11.5 Å².